The van der Waals surface area contributed by atoms with Gasteiger partial charge in [-0.1, -0.05) is 11.8 Å². The number of rotatable bonds is 6. The van der Waals surface area contributed by atoms with Gasteiger partial charge >= 0.3 is 0 Å². The van der Waals surface area contributed by atoms with Crippen molar-refractivity contribution in [3.05, 3.63) is 35.1 Å². The topological polar surface area (TPSA) is 64.3 Å². The number of unbranched alkanes of at least 4 members (excludes halogenated alkanes) is 1. The summed E-state index contributed by atoms with van der Waals surface area (Å²) in [4.78, 5) is 11.8. The number of nitrogens with two attached hydrogens (primary N) is 1. The van der Waals surface area contributed by atoms with Crippen LogP contribution in [0.1, 0.15) is 28.8 Å². The van der Waals surface area contributed by atoms with Crippen LogP contribution in [0.15, 0.2) is 18.2 Å². The van der Waals surface area contributed by atoms with Gasteiger partial charge in [0, 0.05) is 25.8 Å². The van der Waals surface area contributed by atoms with Crippen LogP contribution in [0.4, 0.5) is 4.39 Å². The maximum Gasteiger partial charge on any atom is 0.254 e. The van der Waals surface area contributed by atoms with Crippen molar-refractivity contribution in [1.29, 1.82) is 0 Å². The maximum atomic E-state index is 13.8. The summed E-state index contributed by atoms with van der Waals surface area (Å²) in [6.45, 7) is 1.36. The molecule has 1 aromatic carbocycles. The molecule has 0 heterocycles. The molecule has 0 aliphatic carbocycles. The largest absolute Gasteiger partial charge is 0.385 e. The summed E-state index contributed by atoms with van der Waals surface area (Å²) in [7, 11) is 1.63. The van der Waals surface area contributed by atoms with Crippen LogP contribution in [-0.2, 0) is 4.74 Å². The number of nitrogens with one attached hydrogen (secondary N) is 1. The van der Waals surface area contributed by atoms with Gasteiger partial charge < -0.3 is 15.8 Å². The molecular formula is C15H19FN2O2. The van der Waals surface area contributed by atoms with Gasteiger partial charge in [-0.15, -0.1) is 0 Å². The molecule has 1 aromatic rings. The van der Waals surface area contributed by atoms with Crippen molar-refractivity contribution in [2.24, 2.45) is 5.73 Å². The van der Waals surface area contributed by atoms with E-state index in [0.29, 0.717) is 18.7 Å². The average molecular weight is 278 g/mol. The summed E-state index contributed by atoms with van der Waals surface area (Å²) in [5.74, 6) is 4.35. The van der Waals surface area contributed by atoms with Crippen molar-refractivity contribution >= 4 is 5.91 Å². The molecule has 0 unspecified atom stereocenters. The van der Waals surface area contributed by atoms with Gasteiger partial charge in [-0.05, 0) is 31.0 Å². The maximum absolute atomic E-state index is 13.8. The first-order chi connectivity index (χ1) is 9.69. The van der Waals surface area contributed by atoms with Gasteiger partial charge in [0.2, 0.25) is 0 Å². The lowest BCUT2D eigenvalue weighted by molar-refractivity contribution is 0.0947. The zero-order valence-corrected chi connectivity index (χ0v) is 11.5. The van der Waals surface area contributed by atoms with Crippen LogP contribution in [-0.4, -0.2) is 32.7 Å². The van der Waals surface area contributed by atoms with Crippen molar-refractivity contribution in [1.82, 2.24) is 5.32 Å². The van der Waals surface area contributed by atoms with E-state index in [1.165, 1.54) is 12.1 Å². The average Bonchev–Trinajstić information content (AvgIpc) is 2.44. The highest BCUT2D eigenvalue weighted by atomic mass is 19.1. The van der Waals surface area contributed by atoms with Crippen molar-refractivity contribution in [2.45, 2.75) is 12.8 Å². The Balaban J connectivity index is 2.56. The van der Waals surface area contributed by atoms with Crippen molar-refractivity contribution in [3.8, 4) is 11.8 Å². The Morgan fingerprint density at radius 3 is 2.90 bits per heavy atom. The molecule has 0 atom stereocenters. The van der Waals surface area contributed by atoms with Crippen molar-refractivity contribution in [2.75, 3.05) is 26.8 Å². The normalized spacial score (nSPS) is 9.75. The minimum absolute atomic E-state index is 0.0232. The number of carbonyl (C=O) groups is 1. The van der Waals surface area contributed by atoms with E-state index in [1.54, 1.807) is 13.2 Å². The molecule has 0 aliphatic heterocycles. The molecule has 0 aliphatic rings. The Morgan fingerprint density at radius 1 is 1.45 bits per heavy atom. The van der Waals surface area contributed by atoms with E-state index in [0.717, 1.165) is 12.8 Å². The predicted molar refractivity (Wildman–Crippen MR) is 75.8 cm³/mol. The van der Waals surface area contributed by atoms with Gasteiger partial charge in [0.1, 0.15) is 5.82 Å². The monoisotopic (exact) mass is 278 g/mol. The number of halogens is 1. The third-order valence-electron chi connectivity index (χ3n) is 2.61. The fraction of sp³-hybridized carbons (Fsp3) is 0.400. The SMILES string of the molecule is COCCCCNC(=O)c1ccc(C#CCN)cc1F. The summed E-state index contributed by atoms with van der Waals surface area (Å²) in [6, 6.07) is 4.27. The number of hydrogen-bond donors (Lipinski definition) is 2. The van der Waals surface area contributed by atoms with E-state index >= 15 is 0 Å². The van der Waals surface area contributed by atoms with E-state index in [9.17, 15) is 9.18 Å². The number of amides is 1. The van der Waals surface area contributed by atoms with E-state index in [4.69, 9.17) is 10.5 Å². The zero-order chi connectivity index (χ0) is 14.8. The third kappa shape index (κ3) is 5.39. The van der Waals surface area contributed by atoms with Gasteiger partial charge in [-0.25, -0.2) is 4.39 Å². The Bertz CT molecular complexity index is 506. The molecule has 20 heavy (non-hydrogen) atoms. The molecule has 0 radical (unpaired) electrons. The fourth-order valence-corrected chi connectivity index (χ4v) is 1.60. The third-order valence-corrected chi connectivity index (χ3v) is 2.61. The molecule has 0 bridgehead atoms. The van der Waals surface area contributed by atoms with Crippen molar-refractivity contribution < 1.29 is 13.9 Å². The molecule has 0 saturated heterocycles. The predicted octanol–water partition coefficient (Wildman–Crippen LogP) is 1.29. The van der Waals surface area contributed by atoms with Crippen LogP contribution in [0, 0.1) is 17.7 Å². The fourth-order valence-electron chi connectivity index (χ4n) is 1.60. The summed E-state index contributed by atoms with van der Waals surface area (Å²) < 4.78 is 18.7. The van der Waals surface area contributed by atoms with Crippen LogP contribution >= 0.6 is 0 Å². The smallest absolute Gasteiger partial charge is 0.254 e. The lowest BCUT2D eigenvalue weighted by atomic mass is 10.1. The van der Waals surface area contributed by atoms with Crippen LogP contribution in [0.25, 0.3) is 0 Å². The minimum atomic E-state index is -0.580. The highest BCUT2D eigenvalue weighted by molar-refractivity contribution is 5.94. The Morgan fingerprint density at radius 2 is 2.25 bits per heavy atom. The van der Waals surface area contributed by atoms with Gasteiger partial charge in [0.25, 0.3) is 5.91 Å². The Kier molecular flexibility index (Phi) is 7.33. The van der Waals surface area contributed by atoms with E-state index in [1.807, 2.05) is 0 Å². The molecule has 0 spiro atoms. The Labute approximate surface area is 118 Å². The molecule has 0 saturated carbocycles. The summed E-state index contributed by atoms with van der Waals surface area (Å²) >= 11 is 0. The summed E-state index contributed by atoms with van der Waals surface area (Å²) in [5, 5.41) is 2.67. The number of carbonyl (C=O) groups excluding carboxylic acids is 1. The Hall–Kier alpha value is -1.90. The van der Waals surface area contributed by atoms with Crippen molar-refractivity contribution in [3.63, 3.8) is 0 Å². The number of benzene rings is 1. The minimum Gasteiger partial charge on any atom is -0.385 e. The quantitative estimate of drug-likeness (QED) is 0.609. The van der Waals surface area contributed by atoms with Gasteiger partial charge in [-0.3, -0.25) is 4.79 Å². The van der Waals surface area contributed by atoms with E-state index in [-0.39, 0.29) is 12.1 Å². The summed E-state index contributed by atoms with van der Waals surface area (Å²) in [5.41, 5.74) is 5.77. The van der Waals surface area contributed by atoms with Crippen LogP contribution < -0.4 is 11.1 Å². The first kappa shape index (κ1) is 16.2. The standard InChI is InChI=1S/C15H19FN2O2/c1-20-10-3-2-9-18-15(19)13-7-6-12(5-4-8-17)11-14(13)16/h6-7,11H,2-3,8-10,17H2,1H3,(H,18,19). The van der Waals surface area contributed by atoms with Crippen LogP contribution in [0.2, 0.25) is 0 Å². The highest BCUT2D eigenvalue weighted by Gasteiger charge is 2.11. The van der Waals surface area contributed by atoms with Crippen LogP contribution in [0.5, 0.6) is 0 Å². The number of methoxy groups -OCH3 is 1. The first-order valence-corrected chi connectivity index (χ1v) is 6.44. The molecule has 1 rings (SSSR count). The molecule has 0 aromatic heterocycles. The first-order valence-electron chi connectivity index (χ1n) is 6.44. The molecule has 4 nitrogen and oxygen atoms in total. The lowest BCUT2D eigenvalue weighted by Crippen LogP contribution is -2.25. The number of ether oxygens (including phenoxy) is 1. The molecule has 3 N–H and O–H groups in total. The molecular weight excluding hydrogens is 259 g/mol. The molecule has 108 valence electrons. The molecule has 1 amide bonds. The van der Waals surface area contributed by atoms with Crippen LogP contribution in [0.3, 0.4) is 0 Å². The molecule has 0 fully saturated rings. The van der Waals surface area contributed by atoms with Gasteiger partial charge in [0.05, 0.1) is 12.1 Å². The molecule has 5 heteroatoms. The zero-order valence-electron chi connectivity index (χ0n) is 11.5. The second-order valence-corrected chi connectivity index (χ2v) is 4.16. The van der Waals surface area contributed by atoms with E-state index in [2.05, 4.69) is 17.2 Å². The lowest BCUT2D eigenvalue weighted by Gasteiger charge is -2.06. The van der Waals surface area contributed by atoms with Gasteiger partial charge in [0.15, 0.2) is 0 Å². The number of hydrogen-bond acceptors (Lipinski definition) is 3. The summed E-state index contributed by atoms with van der Waals surface area (Å²) in [6.07, 6.45) is 1.65. The van der Waals surface area contributed by atoms with Gasteiger partial charge in [-0.2, -0.15) is 0 Å². The second-order valence-electron chi connectivity index (χ2n) is 4.16. The van der Waals surface area contributed by atoms with E-state index < -0.39 is 11.7 Å². The second kappa shape index (κ2) is 9.08. The highest BCUT2D eigenvalue weighted by Crippen LogP contribution is 2.10.